The van der Waals surface area contributed by atoms with Gasteiger partial charge in [0.15, 0.2) is 6.29 Å². The second kappa shape index (κ2) is 7.29. The van der Waals surface area contributed by atoms with E-state index in [1.807, 2.05) is 30.3 Å². The highest BCUT2D eigenvalue weighted by atomic mass is 28.3. The zero-order valence-electron chi connectivity index (χ0n) is 14.9. The first-order chi connectivity index (χ1) is 12.0. The van der Waals surface area contributed by atoms with E-state index in [1.165, 1.54) is 0 Å². The van der Waals surface area contributed by atoms with Crippen molar-refractivity contribution in [2.75, 3.05) is 6.61 Å². The first-order valence-electron chi connectivity index (χ1n) is 8.42. The van der Waals surface area contributed by atoms with Crippen LogP contribution in [0, 0.1) is 0 Å². The van der Waals surface area contributed by atoms with Crippen LogP contribution in [0.15, 0.2) is 42.7 Å². The summed E-state index contributed by atoms with van der Waals surface area (Å²) in [5.74, 6) is 0. The van der Waals surface area contributed by atoms with Crippen molar-refractivity contribution in [1.29, 1.82) is 0 Å². The predicted octanol–water partition coefficient (Wildman–Crippen LogP) is 4.22. The minimum absolute atomic E-state index is 0.356. The molecule has 0 spiro atoms. The summed E-state index contributed by atoms with van der Waals surface area (Å²) in [6.07, 6.45) is 4.34. The number of carbonyl (C=O) groups excluding carboxylic acids is 1. The number of pyridine rings is 1. The van der Waals surface area contributed by atoms with Gasteiger partial charge in [-0.2, -0.15) is 5.10 Å². The summed E-state index contributed by atoms with van der Waals surface area (Å²) in [5, 5.41) is 5.25. The zero-order valence-corrected chi connectivity index (χ0v) is 15.9. The molecule has 2 heterocycles. The third kappa shape index (κ3) is 4.21. The normalized spacial score (nSPS) is 11.8. The average molecular weight is 353 g/mol. The summed E-state index contributed by atoms with van der Waals surface area (Å²) >= 11 is 0. The summed E-state index contributed by atoms with van der Waals surface area (Å²) in [7, 11) is -1.12. The maximum atomic E-state index is 11.3. The molecule has 3 aromatic rings. The van der Waals surface area contributed by atoms with Gasteiger partial charge in [-0.05, 0) is 41.4 Å². The SMILES string of the molecule is C[Si](C)(C)CCOCn1nc(C=O)c2ccc(-c3ccncc3)cc21. The topological polar surface area (TPSA) is 57.0 Å². The molecule has 0 saturated heterocycles. The number of rotatable bonds is 7. The number of benzene rings is 1. The van der Waals surface area contributed by atoms with Crippen molar-refractivity contribution >= 4 is 25.3 Å². The first kappa shape index (κ1) is 17.5. The van der Waals surface area contributed by atoms with Crippen molar-refractivity contribution in [2.24, 2.45) is 0 Å². The molecule has 0 radical (unpaired) electrons. The fourth-order valence-corrected chi connectivity index (χ4v) is 3.40. The number of aromatic nitrogens is 3. The Morgan fingerprint density at radius 2 is 1.88 bits per heavy atom. The van der Waals surface area contributed by atoms with Crippen molar-refractivity contribution in [3.63, 3.8) is 0 Å². The lowest BCUT2D eigenvalue weighted by molar-refractivity contribution is 0.0812. The molecule has 1 aromatic carbocycles. The highest BCUT2D eigenvalue weighted by Gasteiger charge is 2.14. The van der Waals surface area contributed by atoms with Gasteiger partial charge in [0.1, 0.15) is 12.4 Å². The van der Waals surface area contributed by atoms with Gasteiger partial charge in [-0.1, -0.05) is 25.7 Å². The summed E-state index contributed by atoms with van der Waals surface area (Å²) in [6.45, 7) is 8.05. The van der Waals surface area contributed by atoms with E-state index < -0.39 is 8.07 Å². The largest absolute Gasteiger partial charge is 0.360 e. The smallest absolute Gasteiger partial charge is 0.170 e. The third-order valence-corrected chi connectivity index (χ3v) is 5.82. The summed E-state index contributed by atoms with van der Waals surface area (Å²) < 4.78 is 7.59. The highest BCUT2D eigenvalue weighted by molar-refractivity contribution is 6.76. The van der Waals surface area contributed by atoms with Gasteiger partial charge < -0.3 is 4.74 Å². The Morgan fingerprint density at radius 1 is 1.12 bits per heavy atom. The zero-order chi connectivity index (χ0) is 17.9. The molecule has 130 valence electrons. The second-order valence-corrected chi connectivity index (χ2v) is 12.9. The van der Waals surface area contributed by atoms with E-state index in [2.05, 4.69) is 29.7 Å². The maximum absolute atomic E-state index is 11.3. The van der Waals surface area contributed by atoms with Gasteiger partial charge in [0.05, 0.1) is 5.52 Å². The van der Waals surface area contributed by atoms with E-state index >= 15 is 0 Å². The Hall–Kier alpha value is -2.31. The van der Waals surface area contributed by atoms with E-state index in [0.717, 1.165) is 41.0 Å². The molecule has 0 unspecified atom stereocenters. The van der Waals surface area contributed by atoms with Gasteiger partial charge in [-0.3, -0.25) is 9.78 Å². The lowest BCUT2D eigenvalue weighted by atomic mass is 10.0. The van der Waals surface area contributed by atoms with E-state index in [9.17, 15) is 4.79 Å². The molecule has 0 aliphatic heterocycles. The van der Waals surface area contributed by atoms with Gasteiger partial charge in [-0.15, -0.1) is 0 Å². The van der Waals surface area contributed by atoms with Crippen LogP contribution >= 0.6 is 0 Å². The molecule has 0 amide bonds. The molecular formula is C19H23N3O2Si. The number of hydrogen-bond donors (Lipinski definition) is 0. The lowest BCUT2D eigenvalue weighted by Crippen LogP contribution is -2.22. The van der Waals surface area contributed by atoms with Gasteiger partial charge in [0.25, 0.3) is 0 Å². The Morgan fingerprint density at radius 3 is 2.56 bits per heavy atom. The molecule has 0 aliphatic carbocycles. The fourth-order valence-electron chi connectivity index (χ4n) is 2.64. The molecule has 25 heavy (non-hydrogen) atoms. The van der Waals surface area contributed by atoms with Crippen LogP contribution in [0.3, 0.4) is 0 Å². The fraction of sp³-hybridized carbons (Fsp3) is 0.316. The van der Waals surface area contributed by atoms with Crippen LogP contribution in [-0.4, -0.2) is 35.7 Å². The average Bonchev–Trinajstić information content (AvgIpc) is 2.96. The van der Waals surface area contributed by atoms with Crippen molar-refractivity contribution in [2.45, 2.75) is 32.4 Å². The number of hydrogen-bond acceptors (Lipinski definition) is 4. The molecule has 3 rings (SSSR count). The minimum atomic E-state index is -1.12. The molecule has 0 aliphatic rings. The predicted molar refractivity (Wildman–Crippen MR) is 102 cm³/mol. The first-order valence-corrected chi connectivity index (χ1v) is 12.1. The van der Waals surface area contributed by atoms with Gasteiger partial charge >= 0.3 is 0 Å². The van der Waals surface area contributed by atoms with Gasteiger partial charge in [-0.25, -0.2) is 4.68 Å². The maximum Gasteiger partial charge on any atom is 0.170 e. The summed E-state index contributed by atoms with van der Waals surface area (Å²) in [4.78, 5) is 15.4. The molecule has 6 heteroatoms. The summed E-state index contributed by atoms with van der Waals surface area (Å²) in [6, 6.07) is 11.0. The van der Waals surface area contributed by atoms with Crippen LogP contribution in [0.4, 0.5) is 0 Å². The Balaban J connectivity index is 1.88. The number of nitrogens with zero attached hydrogens (tertiary/aromatic N) is 3. The van der Waals surface area contributed by atoms with Crippen molar-refractivity contribution < 1.29 is 9.53 Å². The third-order valence-electron chi connectivity index (χ3n) is 4.12. The van der Waals surface area contributed by atoms with Gasteiger partial charge in [0, 0.05) is 32.5 Å². The van der Waals surface area contributed by atoms with Crippen LogP contribution in [0.2, 0.25) is 25.7 Å². The standard InChI is InChI=1S/C19H23N3O2Si/c1-25(2,3)11-10-24-14-22-19-12-16(15-6-8-20-9-7-15)4-5-17(19)18(13-23)21-22/h4-9,12-13H,10-11,14H2,1-3H3. The van der Waals surface area contributed by atoms with E-state index in [0.29, 0.717) is 12.4 Å². The van der Waals surface area contributed by atoms with Crippen LogP contribution < -0.4 is 0 Å². The monoisotopic (exact) mass is 353 g/mol. The summed E-state index contributed by atoms with van der Waals surface area (Å²) in [5.41, 5.74) is 3.50. The van der Waals surface area contributed by atoms with E-state index in [4.69, 9.17) is 4.74 Å². The molecule has 2 aromatic heterocycles. The molecular weight excluding hydrogens is 330 g/mol. The van der Waals surface area contributed by atoms with Crippen LogP contribution in [0.25, 0.3) is 22.0 Å². The molecule has 0 N–H and O–H groups in total. The molecule has 0 saturated carbocycles. The number of carbonyl (C=O) groups is 1. The number of aldehydes is 1. The minimum Gasteiger partial charge on any atom is -0.360 e. The Labute approximate surface area is 148 Å². The van der Waals surface area contributed by atoms with Crippen molar-refractivity contribution in [1.82, 2.24) is 14.8 Å². The number of ether oxygens (including phenoxy) is 1. The van der Waals surface area contributed by atoms with Gasteiger partial charge in [0.2, 0.25) is 0 Å². The van der Waals surface area contributed by atoms with E-state index in [-0.39, 0.29) is 0 Å². The van der Waals surface area contributed by atoms with Crippen LogP contribution in [0.1, 0.15) is 10.5 Å². The van der Waals surface area contributed by atoms with E-state index in [1.54, 1.807) is 17.1 Å². The molecule has 0 atom stereocenters. The Kier molecular flexibility index (Phi) is 5.10. The number of fused-ring (bicyclic) bond motifs is 1. The molecule has 0 fully saturated rings. The Bertz CT molecular complexity index is 870. The molecule has 0 bridgehead atoms. The van der Waals surface area contributed by atoms with Crippen LogP contribution in [-0.2, 0) is 11.5 Å². The van der Waals surface area contributed by atoms with Crippen molar-refractivity contribution in [3.05, 3.63) is 48.4 Å². The second-order valence-electron chi connectivity index (χ2n) is 7.32. The van der Waals surface area contributed by atoms with Crippen molar-refractivity contribution in [3.8, 4) is 11.1 Å². The van der Waals surface area contributed by atoms with Crippen LogP contribution in [0.5, 0.6) is 0 Å². The molecule has 5 nitrogen and oxygen atoms in total. The lowest BCUT2D eigenvalue weighted by Gasteiger charge is -2.15. The quantitative estimate of drug-likeness (QED) is 0.362. The highest BCUT2D eigenvalue weighted by Crippen LogP contribution is 2.25.